The van der Waals surface area contributed by atoms with Crippen LogP contribution in [0.4, 0.5) is 13.2 Å². The Morgan fingerprint density at radius 2 is 2.02 bits per heavy atom. The number of benzene rings is 1. The average Bonchev–Trinajstić information content (AvgIpc) is 3.29. The molecular weight excluding hydrogens is 533 g/mol. The van der Waals surface area contributed by atoms with Crippen molar-refractivity contribution in [2.45, 2.75) is 38.1 Å². The number of rotatable bonds is 9. The molecule has 0 atom stereocenters. The second-order valence-corrected chi connectivity index (χ2v) is 9.09. The van der Waals surface area contributed by atoms with Crippen LogP contribution in [0, 0.1) is 17.3 Å². The second-order valence-electron chi connectivity index (χ2n) is 9.09. The number of nitrogens with zero attached hydrogens (tertiary/aromatic N) is 2. The molecule has 0 aliphatic carbocycles. The highest BCUT2D eigenvalue weighted by Crippen LogP contribution is 2.26. The molecule has 1 amide bonds. The number of carbonyl (C=O) groups is 1. The van der Waals surface area contributed by atoms with E-state index in [1.807, 2.05) is 30.3 Å². The summed E-state index contributed by atoms with van der Waals surface area (Å²) in [5.74, 6) is 5.77. The molecule has 0 spiro atoms. The quantitative estimate of drug-likeness (QED) is 0.134. The molecule has 11 heteroatoms. The van der Waals surface area contributed by atoms with Gasteiger partial charge in [-0.1, -0.05) is 30.2 Å². The third-order valence-electron chi connectivity index (χ3n) is 6.12. The Bertz CT molecular complexity index is 1400. The van der Waals surface area contributed by atoms with E-state index < -0.39 is 12.7 Å². The molecule has 0 unspecified atom stereocenters. The monoisotopic (exact) mass is 566 g/mol. The Hall–Kier alpha value is -4.40. The second kappa shape index (κ2) is 16.0. The zero-order valence-corrected chi connectivity index (χ0v) is 22.5. The number of hydrogen-bond acceptors (Lipinski definition) is 6. The van der Waals surface area contributed by atoms with E-state index in [0.29, 0.717) is 29.5 Å². The third kappa shape index (κ3) is 10.6. The van der Waals surface area contributed by atoms with Crippen LogP contribution in [0.1, 0.15) is 29.7 Å². The number of aromatic nitrogens is 2. The minimum absolute atomic E-state index is 0.176. The zero-order valence-electron chi connectivity index (χ0n) is 22.5. The number of allylic oxidation sites excluding steroid dienone is 3. The summed E-state index contributed by atoms with van der Waals surface area (Å²) in [6, 6.07) is 11.3. The van der Waals surface area contributed by atoms with Crippen LogP contribution in [0.5, 0.6) is 0 Å². The summed E-state index contributed by atoms with van der Waals surface area (Å²) in [6.45, 7) is 1.19. The van der Waals surface area contributed by atoms with Crippen molar-refractivity contribution in [1.29, 1.82) is 5.41 Å². The van der Waals surface area contributed by atoms with Crippen molar-refractivity contribution in [3.63, 3.8) is 0 Å². The lowest BCUT2D eigenvalue weighted by Crippen LogP contribution is -2.34. The van der Waals surface area contributed by atoms with Crippen molar-refractivity contribution in [3.8, 4) is 11.8 Å². The Kier molecular flexibility index (Phi) is 12.2. The first-order chi connectivity index (χ1) is 19.8. The Labute approximate surface area is 237 Å². The summed E-state index contributed by atoms with van der Waals surface area (Å²) in [7, 11) is 0. The Morgan fingerprint density at radius 3 is 2.71 bits per heavy atom. The maximum Gasteiger partial charge on any atom is 0.406 e. The fourth-order valence-corrected chi connectivity index (χ4v) is 4.22. The molecule has 216 valence electrons. The van der Waals surface area contributed by atoms with Crippen molar-refractivity contribution in [3.05, 3.63) is 83.5 Å². The van der Waals surface area contributed by atoms with Crippen LogP contribution < -0.4 is 16.4 Å². The van der Waals surface area contributed by atoms with Crippen LogP contribution in [0.15, 0.2) is 66.6 Å². The first-order valence-electron chi connectivity index (χ1n) is 13.0. The third-order valence-corrected chi connectivity index (χ3v) is 6.12. The molecule has 0 bridgehead atoms. The molecule has 3 heterocycles. The van der Waals surface area contributed by atoms with E-state index in [2.05, 4.69) is 33.2 Å². The van der Waals surface area contributed by atoms with Gasteiger partial charge in [0, 0.05) is 55.3 Å². The summed E-state index contributed by atoms with van der Waals surface area (Å²) in [5, 5.41) is 14.8. The summed E-state index contributed by atoms with van der Waals surface area (Å²) in [5.41, 5.74) is 7.42. The van der Waals surface area contributed by atoms with Gasteiger partial charge in [-0.25, -0.2) is 0 Å². The van der Waals surface area contributed by atoms with Gasteiger partial charge in [0.25, 0.3) is 0 Å². The maximum atomic E-state index is 13.4. The normalized spacial score (nSPS) is 14.2. The molecule has 1 aliphatic rings. The molecule has 41 heavy (non-hydrogen) atoms. The largest absolute Gasteiger partial charge is 0.406 e. The van der Waals surface area contributed by atoms with Gasteiger partial charge in [-0.2, -0.15) is 13.2 Å². The Balaban J connectivity index is 0.00000147. The van der Waals surface area contributed by atoms with Gasteiger partial charge in [-0.3, -0.25) is 9.78 Å². The standard InChI is InChI=1S/C29H30F3N5O.CH3NO/c30-29(31,32)21-37-27(7-3-13-35-26(18-33)6-1-4-22-5-2-12-34-19-22)17-24-16-23(8-9-28(24)37)20-36-25-10-14-38-15-11-25;2-1-3/h1-2,4-6,8-9,12,16-19,25,33,35-36H,10-11,13-15,20-21H2;1H,(H2,2,3)/b4-1+,26-6+,33-18?;. The molecule has 3 aromatic rings. The first kappa shape index (κ1) is 31.1. The van der Waals surface area contributed by atoms with Gasteiger partial charge >= 0.3 is 6.18 Å². The number of fused-ring (bicyclic) bond motifs is 1. The topological polar surface area (TPSA) is 118 Å². The molecule has 5 N–H and O–H groups in total. The number of nitrogens with two attached hydrogens (primary N) is 1. The lowest BCUT2D eigenvalue weighted by molar-refractivity contribution is -0.140. The van der Waals surface area contributed by atoms with E-state index >= 15 is 0 Å². The molecule has 8 nitrogen and oxygen atoms in total. The molecule has 1 fully saturated rings. The van der Waals surface area contributed by atoms with Crippen LogP contribution in [0.25, 0.3) is 17.0 Å². The molecule has 4 rings (SSSR count). The van der Waals surface area contributed by atoms with Gasteiger partial charge in [0.2, 0.25) is 6.41 Å². The fraction of sp³-hybridized carbons (Fsp3) is 0.300. The lowest BCUT2D eigenvalue weighted by atomic mass is 10.1. The van der Waals surface area contributed by atoms with Crippen molar-refractivity contribution >= 4 is 29.6 Å². The van der Waals surface area contributed by atoms with Crippen molar-refractivity contribution in [2.75, 3.05) is 19.8 Å². The van der Waals surface area contributed by atoms with Crippen LogP contribution in [0.3, 0.4) is 0 Å². The molecule has 2 aromatic heterocycles. The number of hydrogen-bond donors (Lipinski definition) is 4. The van der Waals surface area contributed by atoms with E-state index in [9.17, 15) is 13.2 Å². The predicted octanol–water partition coefficient (Wildman–Crippen LogP) is 4.16. The number of ether oxygens (including phenoxy) is 1. The first-order valence-corrected chi connectivity index (χ1v) is 13.0. The minimum atomic E-state index is -4.37. The van der Waals surface area contributed by atoms with Crippen molar-refractivity contribution in [1.82, 2.24) is 20.2 Å². The highest BCUT2D eigenvalue weighted by molar-refractivity contribution is 5.83. The number of nitrogens with one attached hydrogen (secondary N) is 3. The van der Waals surface area contributed by atoms with E-state index in [0.717, 1.165) is 48.8 Å². The molecule has 1 saturated heterocycles. The fourth-order valence-electron chi connectivity index (χ4n) is 4.22. The molecule has 1 aliphatic heterocycles. The average molecular weight is 567 g/mol. The number of carbonyl (C=O) groups excluding carboxylic acids is 1. The number of halogens is 3. The number of primary amides is 1. The van der Waals surface area contributed by atoms with Gasteiger partial charge in [0.15, 0.2) is 0 Å². The highest BCUT2D eigenvalue weighted by Gasteiger charge is 2.29. The van der Waals surface area contributed by atoms with E-state index in [-0.39, 0.29) is 13.0 Å². The Morgan fingerprint density at radius 1 is 1.24 bits per heavy atom. The van der Waals surface area contributed by atoms with E-state index in [1.54, 1.807) is 36.7 Å². The van der Waals surface area contributed by atoms with Gasteiger partial charge in [0.05, 0.1) is 17.9 Å². The summed E-state index contributed by atoms with van der Waals surface area (Å²) < 4.78 is 46.7. The van der Waals surface area contributed by atoms with Crippen molar-refractivity contribution in [2.24, 2.45) is 5.73 Å². The molecular formula is C30H33F3N6O2. The van der Waals surface area contributed by atoms with Crippen molar-refractivity contribution < 1.29 is 22.7 Å². The number of amides is 1. The smallest absolute Gasteiger partial charge is 0.381 e. The van der Waals surface area contributed by atoms with E-state index in [1.165, 1.54) is 4.57 Å². The summed E-state index contributed by atoms with van der Waals surface area (Å²) >= 11 is 0. The van der Waals surface area contributed by atoms with Gasteiger partial charge < -0.3 is 31.1 Å². The van der Waals surface area contributed by atoms with Crippen LogP contribution >= 0.6 is 0 Å². The maximum absolute atomic E-state index is 13.4. The lowest BCUT2D eigenvalue weighted by Gasteiger charge is -2.23. The number of alkyl halides is 3. The predicted molar refractivity (Wildman–Crippen MR) is 154 cm³/mol. The summed E-state index contributed by atoms with van der Waals surface area (Å²) in [4.78, 5) is 12.6. The highest BCUT2D eigenvalue weighted by atomic mass is 19.4. The molecule has 0 radical (unpaired) electrons. The molecule has 1 aromatic carbocycles. The van der Waals surface area contributed by atoms with Gasteiger partial charge in [-0.15, -0.1) is 0 Å². The van der Waals surface area contributed by atoms with E-state index in [4.69, 9.17) is 14.9 Å². The molecule has 0 saturated carbocycles. The van der Waals surface area contributed by atoms with Crippen LogP contribution in [0.2, 0.25) is 0 Å². The zero-order chi connectivity index (χ0) is 29.5. The minimum Gasteiger partial charge on any atom is -0.381 e. The summed E-state index contributed by atoms with van der Waals surface area (Å²) in [6.07, 6.45) is 7.71. The van der Waals surface area contributed by atoms with Crippen LogP contribution in [-0.2, 0) is 22.6 Å². The van der Waals surface area contributed by atoms with Gasteiger partial charge in [0.1, 0.15) is 6.54 Å². The number of pyridine rings is 1. The van der Waals surface area contributed by atoms with Gasteiger partial charge in [-0.05, 0) is 60.2 Å². The SMILES string of the molecule is N=C/C(=C\C=C\c1cccnc1)NCC#Cc1cc2cc(CNC3CCOCC3)ccc2n1CC(F)(F)F.NC=O. The van der Waals surface area contributed by atoms with Crippen LogP contribution in [-0.4, -0.2) is 54.2 Å².